The molecule has 1 heterocycles. The van der Waals surface area contributed by atoms with Crippen LogP contribution in [0.15, 0.2) is 18.2 Å². The van der Waals surface area contributed by atoms with Gasteiger partial charge in [0.1, 0.15) is 5.60 Å². The van der Waals surface area contributed by atoms with E-state index in [1.54, 1.807) is 28.9 Å². The first kappa shape index (κ1) is 24.3. The Morgan fingerprint density at radius 1 is 1.10 bits per heavy atom. The molecule has 1 aromatic carbocycles. The van der Waals surface area contributed by atoms with Crippen LogP contribution in [0.3, 0.4) is 0 Å². The minimum atomic E-state index is -0.784. The van der Waals surface area contributed by atoms with Gasteiger partial charge in [0.2, 0.25) is 0 Å². The second kappa shape index (κ2) is 9.89. The zero-order chi connectivity index (χ0) is 23.3. The summed E-state index contributed by atoms with van der Waals surface area (Å²) in [4.78, 5) is 40.3. The first-order chi connectivity index (χ1) is 14.5. The molecule has 0 N–H and O–H groups in total. The van der Waals surface area contributed by atoms with Crippen LogP contribution in [0.1, 0.15) is 45.0 Å². The highest BCUT2D eigenvalue weighted by Crippen LogP contribution is 2.30. The van der Waals surface area contributed by atoms with Crippen LogP contribution >= 0.6 is 0 Å². The molecule has 2 rings (SSSR count). The number of esters is 1. The lowest BCUT2D eigenvalue weighted by Gasteiger charge is -2.41. The molecule has 2 amide bonds. The summed E-state index contributed by atoms with van der Waals surface area (Å²) in [5.41, 5.74) is -0.254. The molecule has 9 nitrogen and oxygen atoms in total. The van der Waals surface area contributed by atoms with E-state index in [1.807, 2.05) is 27.7 Å². The van der Waals surface area contributed by atoms with Crippen molar-refractivity contribution in [3.63, 3.8) is 0 Å². The van der Waals surface area contributed by atoms with Crippen molar-refractivity contribution in [2.45, 2.75) is 52.4 Å². The minimum Gasteiger partial charge on any atom is -0.493 e. The SMILES string of the molecule is COC(=O)c1ccc(OC(C)C(=O)N2CCN(C(=O)OC(C)(C)C)CC2C)c(OC)c1. The number of piperazine rings is 1. The maximum atomic E-state index is 13.0. The Balaban J connectivity index is 2.02. The first-order valence-electron chi connectivity index (χ1n) is 10.2. The number of rotatable bonds is 5. The molecule has 1 aromatic rings. The van der Waals surface area contributed by atoms with Gasteiger partial charge in [0, 0.05) is 25.7 Å². The van der Waals surface area contributed by atoms with Crippen molar-refractivity contribution < 1.29 is 33.3 Å². The summed E-state index contributed by atoms with van der Waals surface area (Å²) < 4.78 is 21.3. The van der Waals surface area contributed by atoms with Crippen molar-refractivity contribution >= 4 is 18.0 Å². The maximum Gasteiger partial charge on any atom is 0.410 e. The van der Waals surface area contributed by atoms with Crippen LogP contribution in [0.5, 0.6) is 11.5 Å². The molecule has 0 aliphatic carbocycles. The van der Waals surface area contributed by atoms with Gasteiger partial charge in [-0.05, 0) is 52.8 Å². The molecule has 172 valence electrons. The average molecular weight is 437 g/mol. The van der Waals surface area contributed by atoms with Gasteiger partial charge in [-0.25, -0.2) is 9.59 Å². The third-order valence-corrected chi connectivity index (χ3v) is 4.80. The predicted octanol–water partition coefficient (Wildman–Crippen LogP) is 2.72. The number of amides is 2. The fraction of sp³-hybridized carbons (Fsp3) is 0.591. The smallest absolute Gasteiger partial charge is 0.410 e. The summed E-state index contributed by atoms with van der Waals surface area (Å²) >= 11 is 0. The average Bonchev–Trinajstić information content (AvgIpc) is 2.71. The van der Waals surface area contributed by atoms with Crippen molar-refractivity contribution in [2.75, 3.05) is 33.9 Å². The highest BCUT2D eigenvalue weighted by atomic mass is 16.6. The Hall–Kier alpha value is -2.97. The second-order valence-corrected chi connectivity index (χ2v) is 8.42. The van der Waals surface area contributed by atoms with Crippen molar-refractivity contribution in [3.05, 3.63) is 23.8 Å². The number of benzene rings is 1. The highest BCUT2D eigenvalue weighted by Gasteiger charge is 2.34. The van der Waals surface area contributed by atoms with E-state index in [9.17, 15) is 14.4 Å². The molecule has 1 aliphatic rings. The summed E-state index contributed by atoms with van der Waals surface area (Å²) in [7, 11) is 2.75. The Kier molecular flexibility index (Phi) is 7.75. The number of ether oxygens (including phenoxy) is 4. The number of carbonyl (C=O) groups excluding carboxylic acids is 3. The molecule has 0 aromatic heterocycles. The van der Waals surface area contributed by atoms with Crippen molar-refractivity contribution in [1.82, 2.24) is 9.80 Å². The summed E-state index contributed by atoms with van der Waals surface area (Å²) in [5, 5.41) is 0. The van der Waals surface area contributed by atoms with Gasteiger partial charge in [-0.15, -0.1) is 0 Å². The zero-order valence-electron chi connectivity index (χ0n) is 19.3. The Morgan fingerprint density at radius 2 is 1.77 bits per heavy atom. The molecule has 1 fully saturated rings. The summed E-state index contributed by atoms with van der Waals surface area (Å²) in [6.07, 6.45) is -1.17. The van der Waals surface area contributed by atoms with E-state index in [2.05, 4.69) is 0 Å². The lowest BCUT2D eigenvalue weighted by atomic mass is 10.1. The van der Waals surface area contributed by atoms with E-state index in [4.69, 9.17) is 18.9 Å². The summed E-state index contributed by atoms with van der Waals surface area (Å²) in [6, 6.07) is 4.42. The fourth-order valence-corrected chi connectivity index (χ4v) is 3.26. The molecule has 9 heteroatoms. The quantitative estimate of drug-likeness (QED) is 0.655. The molecule has 2 unspecified atom stereocenters. The van der Waals surface area contributed by atoms with Crippen molar-refractivity contribution in [1.29, 1.82) is 0 Å². The molecule has 0 spiro atoms. The van der Waals surface area contributed by atoms with Crippen LogP contribution in [0, 0.1) is 0 Å². The van der Waals surface area contributed by atoms with E-state index < -0.39 is 17.7 Å². The third kappa shape index (κ3) is 6.26. The topological polar surface area (TPSA) is 94.6 Å². The van der Waals surface area contributed by atoms with Crippen molar-refractivity contribution in [2.24, 2.45) is 0 Å². The fourth-order valence-electron chi connectivity index (χ4n) is 3.26. The van der Waals surface area contributed by atoms with Gasteiger partial charge in [0.15, 0.2) is 17.6 Å². The van der Waals surface area contributed by atoms with Gasteiger partial charge in [0.25, 0.3) is 5.91 Å². The third-order valence-electron chi connectivity index (χ3n) is 4.80. The molecule has 1 aliphatic heterocycles. The zero-order valence-corrected chi connectivity index (χ0v) is 19.3. The van der Waals surface area contributed by atoms with Crippen molar-refractivity contribution in [3.8, 4) is 11.5 Å². The van der Waals surface area contributed by atoms with Crippen LogP contribution in [0.25, 0.3) is 0 Å². The molecule has 0 saturated carbocycles. The molecule has 31 heavy (non-hydrogen) atoms. The normalized spacial score (nSPS) is 17.6. The van der Waals surface area contributed by atoms with Crippen LogP contribution in [0.4, 0.5) is 4.79 Å². The first-order valence-corrected chi connectivity index (χ1v) is 10.2. The molecule has 1 saturated heterocycles. The summed E-state index contributed by atoms with van der Waals surface area (Å²) in [5.74, 6) is -0.0255. The summed E-state index contributed by atoms with van der Waals surface area (Å²) in [6.45, 7) is 10.1. The van der Waals surface area contributed by atoms with Gasteiger partial charge < -0.3 is 28.7 Å². The molecular weight excluding hydrogens is 404 g/mol. The van der Waals surface area contributed by atoms with E-state index in [-0.39, 0.29) is 18.0 Å². The van der Waals surface area contributed by atoms with E-state index in [1.165, 1.54) is 20.3 Å². The van der Waals surface area contributed by atoms with E-state index in [0.29, 0.717) is 36.7 Å². The number of methoxy groups -OCH3 is 2. The molecular formula is C22H32N2O7. The van der Waals surface area contributed by atoms with Gasteiger partial charge in [-0.3, -0.25) is 4.79 Å². The standard InChI is InChI=1S/C22H32N2O7/c1-14-13-23(21(27)31-22(3,4)5)10-11-24(14)19(25)15(2)30-17-9-8-16(20(26)29-7)12-18(17)28-6/h8-9,12,14-15H,10-11,13H2,1-7H3. The molecule has 2 atom stereocenters. The Labute approximate surface area is 183 Å². The predicted molar refractivity (Wildman–Crippen MR) is 113 cm³/mol. The minimum absolute atomic E-state index is 0.191. The number of nitrogens with zero attached hydrogens (tertiary/aromatic N) is 2. The van der Waals surface area contributed by atoms with Crippen LogP contribution in [-0.4, -0.2) is 79.4 Å². The monoisotopic (exact) mass is 436 g/mol. The van der Waals surface area contributed by atoms with Gasteiger partial charge >= 0.3 is 12.1 Å². The van der Waals surface area contributed by atoms with Gasteiger partial charge in [-0.2, -0.15) is 0 Å². The molecule has 0 radical (unpaired) electrons. The lowest BCUT2D eigenvalue weighted by Crippen LogP contribution is -2.58. The van der Waals surface area contributed by atoms with Gasteiger partial charge in [-0.1, -0.05) is 0 Å². The largest absolute Gasteiger partial charge is 0.493 e. The van der Waals surface area contributed by atoms with Crippen LogP contribution < -0.4 is 9.47 Å². The van der Waals surface area contributed by atoms with Crippen LogP contribution in [-0.2, 0) is 14.3 Å². The Bertz CT molecular complexity index is 819. The highest BCUT2D eigenvalue weighted by molar-refractivity contribution is 5.90. The second-order valence-electron chi connectivity index (χ2n) is 8.42. The van der Waals surface area contributed by atoms with Gasteiger partial charge in [0.05, 0.1) is 19.8 Å². The number of carbonyl (C=O) groups is 3. The number of hydrogen-bond donors (Lipinski definition) is 0. The van der Waals surface area contributed by atoms with E-state index >= 15 is 0 Å². The Morgan fingerprint density at radius 3 is 2.32 bits per heavy atom. The van der Waals surface area contributed by atoms with Crippen LogP contribution in [0.2, 0.25) is 0 Å². The molecule has 0 bridgehead atoms. The lowest BCUT2D eigenvalue weighted by molar-refractivity contribution is -0.142. The van der Waals surface area contributed by atoms with E-state index in [0.717, 1.165) is 0 Å². The maximum absolute atomic E-state index is 13.0. The number of hydrogen-bond acceptors (Lipinski definition) is 7.